The Morgan fingerprint density at radius 3 is 2.80 bits per heavy atom. The Labute approximate surface area is 120 Å². The molecule has 0 heterocycles. The Bertz CT molecular complexity index is 535. The van der Waals surface area contributed by atoms with Gasteiger partial charge in [-0.05, 0) is 30.5 Å². The number of carbonyl (C=O) groups excluding carboxylic acids is 1. The van der Waals surface area contributed by atoms with Crippen LogP contribution < -0.4 is 5.32 Å². The molecular formula is C14H15ClFNO3. The van der Waals surface area contributed by atoms with Gasteiger partial charge in [0.15, 0.2) is 0 Å². The smallest absolute Gasteiger partial charge is 0.308 e. The summed E-state index contributed by atoms with van der Waals surface area (Å²) in [5, 5.41) is 12.0. The lowest BCUT2D eigenvalue weighted by Crippen LogP contribution is -2.40. The van der Waals surface area contributed by atoms with E-state index in [9.17, 15) is 14.0 Å². The van der Waals surface area contributed by atoms with Gasteiger partial charge in [-0.3, -0.25) is 9.59 Å². The van der Waals surface area contributed by atoms with E-state index in [1.54, 1.807) is 0 Å². The van der Waals surface area contributed by atoms with Crippen molar-refractivity contribution in [3.05, 3.63) is 34.6 Å². The van der Waals surface area contributed by atoms with Gasteiger partial charge < -0.3 is 10.4 Å². The van der Waals surface area contributed by atoms with Gasteiger partial charge >= 0.3 is 5.97 Å². The summed E-state index contributed by atoms with van der Waals surface area (Å²) in [6.07, 6.45) is 2.05. The molecule has 2 atom stereocenters. The number of benzene rings is 1. The molecule has 1 fully saturated rings. The minimum Gasteiger partial charge on any atom is -0.481 e. The number of hydrogen-bond acceptors (Lipinski definition) is 2. The number of nitrogens with one attached hydrogen (secondary N) is 1. The Hall–Kier alpha value is -1.62. The molecule has 2 N–H and O–H groups in total. The van der Waals surface area contributed by atoms with Crippen LogP contribution in [0.2, 0.25) is 5.02 Å². The molecule has 20 heavy (non-hydrogen) atoms. The minimum absolute atomic E-state index is 0.0158. The molecule has 1 aromatic rings. The summed E-state index contributed by atoms with van der Waals surface area (Å²) >= 11 is 5.86. The number of carboxylic acids is 1. The van der Waals surface area contributed by atoms with Crippen molar-refractivity contribution < 1.29 is 19.1 Å². The van der Waals surface area contributed by atoms with E-state index in [1.807, 2.05) is 0 Å². The van der Waals surface area contributed by atoms with Crippen LogP contribution in [0.3, 0.4) is 0 Å². The van der Waals surface area contributed by atoms with Crippen LogP contribution in [0.25, 0.3) is 0 Å². The van der Waals surface area contributed by atoms with E-state index in [4.69, 9.17) is 16.7 Å². The maximum absolute atomic E-state index is 12.9. The highest BCUT2D eigenvalue weighted by atomic mass is 35.5. The van der Waals surface area contributed by atoms with Gasteiger partial charge in [-0.2, -0.15) is 0 Å². The molecule has 0 aromatic heterocycles. The zero-order chi connectivity index (χ0) is 14.7. The highest BCUT2D eigenvalue weighted by Gasteiger charge is 2.33. The van der Waals surface area contributed by atoms with Gasteiger partial charge in [-0.15, -0.1) is 0 Å². The van der Waals surface area contributed by atoms with Gasteiger partial charge in [-0.25, -0.2) is 4.39 Å². The summed E-state index contributed by atoms with van der Waals surface area (Å²) < 4.78 is 12.9. The average Bonchev–Trinajstić information content (AvgIpc) is 2.81. The summed E-state index contributed by atoms with van der Waals surface area (Å²) in [4.78, 5) is 22.9. The van der Waals surface area contributed by atoms with E-state index < -0.39 is 17.7 Å². The second kappa shape index (κ2) is 6.22. The number of aliphatic carboxylic acids is 1. The molecule has 1 aliphatic carbocycles. The van der Waals surface area contributed by atoms with Crippen LogP contribution in [0, 0.1) is 11.7 Å². The van der Waals surface area contributed by atoms with Crippen LogP contribution in [-0.2, 0) is 16.0 Å². The van der Waals surface area contributed by atoms with E-state index in [1.165, 1.54) is 12.1 Å². The number of hydrogen-bond donors (Lipinski definition) is 2. The zero-order valence-electron chi connectivity index (χ0n) is 10.7. The highest BCUT2D eigenvalue weighted by molar-refractivity contribution is 6.31. The molecule has 1 aromatic carbocycles. The second-order valence-electron chi connectivity index (χ2n) is 4.96. The molecule has 0 saturated heterocycles. The Morgan fingerprint density at radius 1 is 1.40 bits per heavy atom. The van der Waals surface area contributed by atoms with Crippen molar-refractivity contribution in [2.45, 2.75) is 31.7 Å². The molecule has 0 spiro atoms. The second-order valence-corrected chi connectivity index (χ2v) is 5.37. The molecule has 4 nitrogen and oxygen atoms in total. The quantitative estimate of drug-likeness (QED) is 0.897. The standard InChI is InChI=1S/C14H15ClFNO3/c15-11-7-9(16)5-4-8(11)6-13(18)17-12-3-1-2-10(12)14(19)20/h4-5,7,10,12H,1-3,6H2,(H,17,18)(H,19,20)/t10-,12+/m1/s1. The predicted molar refractivity (Wildman–Crippen MR) is 72.0 cm³/mol. The summed E-state index contributed by atoms with van der Waals surface area (Å²) in [7, 11) is 0. The van der Waals surface area contributed by atoms with E-state index in [0.717, 1.165) is 12.5 Å². The van der Waals surface area contributed by atoms with Crippen LogP contribution in [0.1, 0.15) is 24.8 Å². The highest BCUT2D eigenvalue weighted by Crippen LogP contribution is 2.26. The number of carboxylic acid groups (broad SMARTS) is 1. The molecule has 1 amide bonds. The first-order chi connectivity index (χ1) is 9.47. The zero-order valence-corrected chi connectivity index (χ0v) is 11.5. The number of halogens is 2. The lowest BCUT2D eigenvalue weighted by molar-refractivity contribution is -0.142. The van der Waals surface area contributed by atoms with Crippen molar-refractivity contribution in [3.8, 4) is 0 Å². The van der Waals surface area contributed by atoms with Crippen molar-refractivity contribution in [1.29, 1.82) is 0 Å². The first-order valence-corrected chi connectivity index (χ1v) is 6.81. The minimum atomic E-state index is -0.882. The third kappa shape index (κ3) is 3.48. The SMILES string of the molecule is O=C(Cc1ccc(F)cc1Cl)N[C@H]1CCC[C@H]1C(=O)O. The first kappa shape index (κ1) is 14.8. The van der Waals surface area contributed by atoms with Crippen molar-refractivity contribution in [3.63, 3.8) is 0 Å². The Morgan fingerprint density at radius 2 is 2.15 bits per heavy atom. The molecule has 0 aliphatic heterocycles. The molecule has 2 rings (SSSR count). The molecule has 108 valence electrons. The Balaban J connectivity index is 1.97. The van der Waals surface area contributed by atoms with Gasteiger partial charge in [0, 0.05) is 11.1 Å². The van der Waals surface area contributed by atoms with E-state index in [-0.39, 0.29) is 23.4 Å². The fourth-order valence-corrected chi connectivity index (χ4v) is 2.76. The number of amides is 1. The maximum atomic E-state index is 12.9. The predicted octanol–water partition coefficient (Wildman–Crippen LogP) is 2.39. The van der Waals surface area contributed by atoms with Crippen LogP contribution >= 0.6 is 11.6 Å². The van der Waals surface area contributed by atoms with E-state index in [2.05, 4.69) is 5.32 Å². The molecule has 0 radical (unpaired) electrons. The number of rotatable bonds is 4. The lowest BCUT2D eigenvalue weighted by Gasteiger charge is -2.17. The third-order valence-electron chi connectivity index (χ3n) is 3.55. The molecule has 1 aliphatic rings. The van der Waals surface area contributed by atoms with Crippen molar-refractivity contribution in [2.24, 2.45) is 5.92 Å². The molecule has 1 saturated carbocycles. The largest absolute Gasteiger partial charge is 0.481 e. The van der Waals surface area contributed by atoms with Crippen molar-refractivity contribution in [1.82, 2.24) is 5.32 Å². The van der Waals surface area contributed by atoms with Crippen LogP contribution in [0.5, 0.6) is 0 Å². The summed E-state index contributed by atoms with van der Waals surface area (Å²) in [6.45, 7) is 0. The molecule has 0 unspecified atom stereocenters. The molecule has 6 heteroatoms. The lowest BCUT2D eigenvalue weighted by atomic mass is 10.0. The molecular weight excluding hydrogens is 285 g/mol. The van der Waals surface area contributed by atoms with E-state index >= 15 is 0 Å². The third-order valence-corrected chi connectivity index (χ3v) is 3.90. The first-order valence-electron chi connectivity index (χ1n) is 6.43. The fourth-order valence-electron chi connectivity index (χ4n) is 2.52. The topological polar surface area (TPSA) is 66.4 Å². The molecule has 0 bridgehead atoms. The Kier molecular flexibility index (Phi) is 4.60. The van der Waals surface area contributed by atoms with Crippen molar-refractivity contribution in [2.75, 3.05) is 0 Å². The maximum Gasteiger partial charge on any atom is 0.308 e. The normalized spacial score (nSPS) is 21.7. The number of carbonyl (C=O) groups is 2. The summed E-state index contributed by atoms with van der Waals surface area (Å²) in [5.41, 5.74) is 0.524. The van der Waals surface area contributed by atoms with Gasteiger partial charge in [0.2, 0.25) is 5.91 Å². The van der Waals surface area contributed by atoms with Gasteiger partial charge in [0.25, 0.3) is 0 Å². The monoisotopic (exact) mass is 299 g/mol. The fraction of sp³-hybridized carbons (Fsp3) is 0.429. The van der Waals surface area contributed by atoms with Crippen molar-refractivity contribution >= 4 is 23.5 Å². The van der Waals surface area contributed by atoms with Crippen LogP contribution in [-0.4, -0.2) is 23.0 Å². The van der Waals surface area contributed by atoms with E-state index in [0.29, 0.717) is 18.4 Å². The van der Waals surface area contributed by atoms with Gasteiger partial charge in [0.1, 0.15) is 5.82 Å². The van der Waals surface area contributed by atoms with Gasteiger partial charge in [0.05, 0.1) is 12.3 Å². The average molecular weight is 300 g/mol. The van der Waals surface area contributed by atoms with Crippen LogP contribution in [0.15, 0.2) is 18.2 Å². The summed E-state index contributed by atoms with van der Waals surface area (Å²) in [6, 6.07) is 3.52. The van der Waals surface area contributed by atoms with Gasteiger partial charge in [-0.1, -0.05) is 24.1 Å². The van der Waals surface area contributed by atoms with Crippen LogP contribution in [0.4, 0.5) is 4.39 Å². The summed E-state index contributed by atoms with van der Waals surface area (Å²) in [5.74, 6) is -2.16.